The molecule has 0 aromatic carbocycles. The number of ketones is 2. The van der Waals surface area contributed by atoms with E-state index in [9.17, 15) is 9.59 Å². The van der Waals surface area contributed by atoms with E-state index in [1.165, 1.54) is 24.0 Å². The van der Waals surface area contributed by atoms with E-state index in [-0.39, 0.29) is 0 Å². The number of allylic oxidation sites excluding steroid dienone is 4. The third-order valence-electron chi connectivity index (χ3n) is 8.20. The van der Waals surface area contributed by atoms with Crippen molar-refractivity contribution in [2.75, 3.05) is 0 Å². The zero-order valence-corrected chi connectivity index (χ0v) is 12.9. The van der Waals surface area contributed by atoms with Crippen LogP contribution in [-0.2, 0) is 9.59 Å². The van der Waals surface area contributed by atoms with Gasteiger partial charge in [-0.2, -0.15) is 0 Å². The van der Waals surface area contributed by atoms with Gasteiger partial charge < -0.3 is 0 Å². The summed E-state index contributed by atoms with van der Waals surface area (Å²) in [5.74, 6) is 5.67. The largest absolute Gasteiger partial charge is 0.295 e. The normalized spacial score (nSPS) is 48.2. The van der Waals surface area contributed by atoms with Crippen molar-refractivity contribution < 1.29 is 9.59 Å². The Hall–Kier alpha value is -1.18. The molecule has 2 nitrogen and oxygen atoms in total. The second-order valence-electron chi connectivity index (χ2n) is 8.60. The highest BCUT2D eigenvalue weighted by atomic mass is 16.1. The molecule has 6 aliphatic rings. The minimum Gasteiger partial charge on any atom is -0.295 e. The molecular weight excluding hydrogens is 272 g/mol. The number of hydrogen-bond acceptors (Lipinski definition) is 2. The second kappa shape index (κ2) is 3.83. The molecule has 0 amide bonds. The Balaban J connectivity index is 1.32. The molecule has 114 valence electrons. The summed E-state index contributed by atoms with van der Waals surface area (Å²) in [5, 5.41) is 0. The molecule has 2 fully saturated rings. The Kier molecular flexibility index (Phi) is 2.14. The summed E-state index contributed by atoms with van der Waals surface area (Å²) < 4.78 is 0. The van der Waals surface area contributed by atoms with Crippen LogP contribution in [-0.4, -0.2) is 11.6 Å². The minimum atomic E-state index is 0.463. The summed E-state index contributed by atoms with van der Waals surface area (Å²) in [4.78, 5) is 24.1. The van der Waals surface area contributed by atoms with Gasteiger partial charge in [-0.15, -0.1) is 0 Å². The van der Waals surface area contributed by atoms with Crippen molar-refractivity contribution in [1.82, 2.24) is 0 Å². The monoisotopic (exact) mass is 294 g/mol. The van der Waals surface area contributed by atoms with Crippen LogP contribution < -0.4 is 0 Å². The molecule has 2 saturated carbocycles. The predicted molar refractivity (Wildman–Crippen MR) is 81.9 cm³/mol. The van der Waals surface area contributed by atoms with Gasteiger partial charge in [0.05, 0.1) is 0 Å². The first-order valence-electron chi connectivity index (χ1n) is 9.22. The molecule has 2 heteroatoms. The fourth-order valence-electron chi connectivity index (χ4n) is 7.49. The molecule has 22 heavy (non-hydrogen) atoms. The molecule has 0 aromatic heterocycles. The maximum Gasteiger partial charge on any atom is 0.159 e. The highest BCUT2D eigenvalue weighted by molar-refractivity contribution is 6.00. The second-order valence-corrected chi connectivity index (χ2v) is 8.60. The zero-order chi connectivity index (χ0) is 14.6. The zero-order valence-electron chi connectivity index (χ0n) is 12.9. The van der Waals surface area contributed by atoms with Gasteiger partial charge in [-0.3, -0.25) is 9.59 Å². The van der Waals surface area contributed by atoms with E-state index in [1.807, 2.05) is 0 Å². The van der Waals surface area contributed by atoms with Gasteiger partial charge in [0, 0.05) is 12.8 Å². The van der Waals surface area contributed by atoms with Gasteiger partial charge in [0.1, 0.15) is 0 Å². The van der Waals surface area contributed by atoms with Crippen LogP contribution in [0.15, 0.2) is 22.3 Å². The number of carbonyl (C=O) groups is 2. The number of Topliss-reactive ketones (excluding diaryl/α,β-unsaturated/α-hetero) is 2. The summed E-state index contributed by atoms with van der Waals surface area (Å²) in [6.45, 7) is 0. The summed E-state index contributed by atoms with van der Waals surface area (Å²) in [6.07, 6.45) is 8.58. The van der Waals surface area contributed by atoms with E-state index in [4.69, 9.17) is 0 Å². The molecule has 0 N–H and O–H groups in total. The lowest BCUT2D eigenvalue weighted by Gasteiger charge is -2.21. The van der Waals surface area contributed by atoms with Crippen LogP contribution in [0.25, 0.3) is 0 Å². The average Bonchev–Trinajstić information content (AvgIpc) is 3.23. The molecule has 6 aliphatic carbocycles. The molecule has 0 aromatic rings. The highest BCUT2D eigenvalue weighted by Crippen LogP contribution is 2.67. The van der Waals surface area contributed by atoms with Crippen LogP contribution in [0.5, 0.6) is 0 Å². The van der Waals surface area contributed by atoms with Crippen LogP contribution in [0, 0.1) is 35.5 Å². The summed E-state index contributed by atoms with van der Waals surface area (Å²) in [6, 6.07) is 0. The smallest absolute Gasteiger partial charge is 0.159 e. The lowest BCUT2D eigenvalue weighted by atomic mass is 9.83. The van der Waals surface area contributed by atoms with Crippen molar-refractivity contribution in [1.29, 1.82) is 0 Å². The van der Waals surface area contributed by atoms with Crippen LogP contribution in [0.3, 0.4) is 0 Å². The fraction of sp³-hybridized carbons (Fsp3) is 0.700. The molecule has 0 spiro atoms. The lowest BCUT2D eigenvalue weighted by Crippen LogP contribution is -2.15. The highest BCUT2D eigenvalue weighted by Gasteiger charge is 2.59. The lowest BCUT2D eigenvalue weighted by molar-refractivity contribution is -0.116. The summed E-state index contributed by atoms with van der Waals surface area (Å²) in [5.41, 5.74) is 5.63. The molecule has 0 aliphatic heterocycles. The molecule has 0 radical (unpaired) electrons. The van der Waals surface area contributed by atoms with Crippen LogP contribution >= 0.6 is 0 Å². The van der Waals surface area contributed by atoms with Gasteiger partial charge in [-0.25, -0.2) is 0 Å². The first-order valence-corrected chi connectivity index (χ1v) is 9.22. The topological polar surface area (TPSA) is 34.1 Å². The van der Waals surface area contributed by atoms with Gasteiger partial charge in [0.2, 0.25) is 0 Å². The first kappa shape index (κ1) is 12.3. The molecule has 6 atom stereocenters. The maximum atomic E-state index is 12.1. The van der Waals surface area contributed by atoms with E-state index in [0.717, 1.165) is 74.0 Å². The SMILES string of the molecule is O=C1CCC2=C1CC1C2C[C@@H]2C3CC4=C(CCC4=O)C3C[C@H]12. The molecule has 0 saturated heterocycles. The van der Waals surface area contributed by atoms with Crippen LogP contribution in [0.2, 0.25) is 0 Å². The van der Waals surface area contributed by atoms with E-state index >= 15 is 0 Å². The predicted octanol–water partition coefficient (Wildman–Crippen LogP) is 3.62. The van der Waals surface area contributed by atoms with E-state index < -0.39 is 0 Å². The minimum absolute atomic E-state index is 0.463. The van der Waals surface area contributed by atoms with Crippen molar-refractivity contribution in [2.24, 2.45) is 35.5 Å². The van der Waals surface area contributed by atoms with Crippen LogP contribution in [0.4, 0.5) is 0 Å². The molecular formula is C20H22O2. The molecule has 6 rings (SSSR count). The van der Waals surface area contributed by atoms with E-state index in [1.54, 1.807) is 11.1 Å². The Morgan fingerprint density at radius 1 is 0.591 bits per heavy atom. The summed E-state index contributed by atoms with van der Waals surface area (Å²) in [7, 11) is 0. The molecule has 4 unspecified atom stereocenters. The Labute approximate surface area is 131 Å². The number of rotatable bonds is 0. The fourth-order valence-corrected chi connectivity index (χ4v) is 7.49. The number of carbonyl (C=O) groups excluding carboxylic acids is 2. The third kappa shape index (κ3) is 1.26. The summed E-state index contributed by atoms with van der Waals surface area (Å²) >= 11 is 0. The maximum absolute atomic E-state index is 12.1. The third-order valence-corrected chi connectivity index (χ3v) is 8.20. The Bertz CT molecular complexity index is 634. The van der Waals surface area contributed by atoms with Gasteiger partial charge in [0.25, 0.3) is 0 Å². The van der Waals surface area contributed by atoms with Crippen molar-refractivity contribution >= 4 is 11.6 Å². The Morgan fingerprint density at radius 2 is 1.05 bits per heavy atom. The average molecular weight is 294 g/mol. The standard InChI is InChI=1S/C20H22O2/c21-19-3-1-9-11-5-13-14(15(11)7-17(9)19)6-12-10-2-4-20(22)18(10)8-16(12)13/h11-16H,1-8H2/t11?,12?,13-,14-,15?,16?/m0/s1. The first-order chi connectivity index (χ1) is 10.7. The van der Waals surface area contributed by atoms with Crippen molar-refractivity contribution in [2.45, 2.75) is 51.4 Å². The van der Waals surface area contributed by atoms with Crippen molar-refractivity contribution in [3.63, 3.8) is 0 Å². The number of hydrogen-bond donors (Lipinski definition) is 0. The van der Waals surface area contributed by atoms with E-state index in [0.29, 0.717) is 11.6 Å². The Morgan fingerprint density at radius 3 is 1.50 bits per heavy atom. The quantitative estimate of drug-likeness (QED) is 0.684. The van der Waals surface area contributed by atoms with Gasteiger partial charge >= 0.3 is 0 Å². The van der Waals surface area contributed by atoms with E-state index in [2.05, 4.69) is 0 Å². The van der Waals surface area contributed by atoms with Crippen molar-refractivity contribution in [3.05, 3.63) is 22.3 Å². The van der Waals surface area contributed by atoms with Crippen LogP contribution in [0.1, 0.15) is 51.4 Å². The molecule has 0 heterocycles. The van der Waals surface area contributed by atoms with Gasteiger partial charge in [-0.05, 0) is 85.2 Å². The van der Waals surface area contributed by atoms with Gasteiger partial charge in [0.15, 0.2) is 11.6 Å². The van der Waals surface area contributed by atoms with Crippen molar-refractivity contribution in [3.8, 4) is 0 Å². The molecule has 0 bridgehead atoms. The van der Waals surface area contributed by atoms with Gasteiger partial charge in [-0.1, -0.05) is 11.1 Å². The number of fused-ring (bicyclic) bond motifs is 7.